The van der Waals surface area contributed by atoms with Gasteiger partial charge >= 0.3 is 5.97 Å². The van der Waals surface area contributed by atoms with Crippen LogP contribution in [0.4, 0.5) is 0 Å². The Labute approximate surface area is 239 Å². The van der Waals surface area contributed by atoms with Gasteiger partial charge in [0.05, 0.1) is 22.9 Å². The van der Waals surface area contributed by atoms with Crippen LogP contribution in [0.15, 0.2) is 42.0 Å². The summed E-state index contributed by atoms with van der Waals surface area (Å²) in [5.74, 6) is -0.313. The van der Waals surface area contributed by atoms with Gasteiger partial charge in [-0.05, 0) is 119 Å². The Morgan fingerprint density at radius 1 is 1.07 bits per heavy atom. The van der Waals surface area contributed by atoms with Crippen LogP contribution in [-0.2, 0) is 9.53 Å². The molecule has 0 bridgehead atoms. The highest BCUT2D eigenvalue weighted by Gasteiger charge is 2.66. The molecule has 3 saturated carbocycles. The summed E-state index contributed by atoms with van der Waals surface area (Å²) in [6.45, 7) is 10.1. The molecule has 5 rings (SSSR count). The molecule has 1 aromatic rings. The number of hydrogen-bond acceptors (Lipinski definition) is 6. The standard InChI is InChI=1S/C34H48O6/c1-21(29(14-15-31(2,3)38)40-30(37)22-9-7-6-8-10-22)24-13-18-34(39)26-20-28(36)27-19-23(35)11-16-32(27,4)25(26)12-17-33(24,34)5/h6-10,20-21,23-25,27,29,35,38-39H,11-19H2,1-5H3/t21-,23?,24+,25-,27?,29?,32+,33+,34+/m0/s1. The first kappa shape index (κ1) is 29.5. The van der Waals surface area contributed by atoms with Gasteiger partial charge in [-0.25, -0.2) is 4.79 Å². The molecule has 0 heterocycles. The number of ether oxygens (including phenoxy) is 1. The maximum atomic E-state index is 13.4. The molecule has 0 saturated heterocycles. The Morgan fingerprint density at radius 3 is 2.45 bits per heavy atom. The zero-order chi connectivity index (χ0) is 29.1. The molecule has 40 heavy (non-hydrogen) atoms. The maximum Gasteiger partial charge on any atom is 0.338 e. The molecule has 0 aromatic heterocycles. The fourth-order valence-electron chi connectivity index (χ4n) is 9.16. The fourth-order valence-corrected chi connectivity index (χ4v) is 9.16. The van der Waals surface area contributed by atoms with Gasteiger partial charge in [0.25, 0.3) is 0 Å². The van der Waals surface area contributed by atoms with Crippen LogP contribution >= 0.6 is 0 Å². The highest BCUT2D eigenvalue weighted by atomic mass is 16.5. The largest absolute Gasteiger partial charge is 0.458 e. The highest BCUT2D eigenvalue weighted by molar-refractivity contribution is 5.95. The van der Waals surface area contributed by atoms with Crippen LogP contribution in [0.25, 0.3) is 0 Å². The summed E-state index contributed by atoms with van der Waals surface area (Å²) >= 11 is 0. The van der Waals surface area contributed by atoms with E-state index in [1.807, 2.05) is 18.2 Å². The van der Waals surface area contributed by atoms with Crippen LogP contribution in [0.1, 0.15) is 103 Å². The summed E-state index contributed by atoms with van der Waals surface area (Å²) in [4.78, 5) is 26.6. The topological polar surface area (TPSA) is 104 Å². The molecule has 4 aliphatic carbocycles. The van der Waals surface area contributed by atoms with Gasteiger partial charge in [0.1, 0.15) is 6.10 Å². The van der Waals surface area contributed by atoms with Crippen molar-refractivity contribution in [3.63, 3.8) is 0 Å². The number of carbonyl (C=O) groups excluding carboxylic acids is 2. The number of esters is 1. The van der Waals surface area contributed by atoms with Gasteiger partial charge in [0.2, 0.25) is 0 Å². The Balaban J connectivity index is 1.43. The second-order valence-electron chi connectivity index (χ2n) is 14.5. The lowest BCUT2D eigenvalue weighted by Gasteiger charge is -2.59. The molecule has 9 atom stereocenters. The van der Waals surface area contributed by atoms with E-state index < -0.39 is 28.8 Å². The van der Waals surface area contributed by atoms with Crippen molar-refractivity contribution >= 4 is 11.8 Å². The molecule has 6 nitrogen and oxygen atoms in total. The van der Waals surface area contributed by atoms with E-state index in [0.717, 1.165) is 31.3 Å². The van der Waals surface area contributed by atoms with Crippen molar-refractivity contribution in [1.29, 1.82) is 0 Å². The molecule has 1 aromatic carbocycles. The maximum absolute atomic E-state index is 13.4. The molecule has 220 valence electrons. The summed E-state index contributed by atoms with van der Waals surface area (Å²) < 4.78 is 6.16. The summed E-state index contributed by atoms with van der Waals surface area (Å²) in [5, 5.41) is 33.4. The third-order valence-corrected chi connectivity index (χ3v) is 11.7. The second-order valence-corrected chi connectivity index (χ2v) is 14.5. The average Bonchev–Trinajstić information content (AvgIpc) is 3.18. The van der Waals surface area contributed by atoms with Gasteiger partial charge in [-0.15, -0.1) is 0 Å². The minimum atomic E-state index is -1.08. The zero-order valence-electron chi connectivity index (χ0n) is 24.9. The lowest BCUT2D eigenvalue weighted by atomic mass is 9.46. The molecule has 3 fully saturated rings. The average molecular weight is 553 g/mol. The molecular formula is C34H48O6. The van der Waals surface area contributed by atoms with E-state index >= 15 is 0 Å². The van der Waals surface area contributed by atoms with Crippen molar-refractivity contribution in [3.8, 4) is 0 Å². The third-order valence-electron chi connectivity index (χ3n) is 11.7. The molecule has 0 spiro atoms. The first-order valence-electron chi connectivity index (χ1n) is 15.3. The van der Waals surface area contributed by atoms with Crippen molar-refractivity contribution in [2.24, 2.45) is 34.5 Å². The van der Waals surface area contributed by atoms with Crippen molar-refractivity contribution < 1.29 is 29.6 Å². The number of aliphatic hydroxyl groups is 3. The molecule has 0 amide bonds. The van der Waals surface area contributed by atoms with Gasteiger partial charge < -0.3 is 20.1 Å². The van der Waals surface area contributed by atoms with Crippen LogP contribution in [0, 0.1) is 34.5 Å². The molecule has 6 heteroatoms. The number of aliphatic hydroxyl groups excluding tert-OH is 1. The van der Waals surface area contributed by atoms with Crippen molar-refractivity contribution in [2.75, 3.05) is 0 Å². The van der Waals surface area contributed by atoms with Crippen LogP contribution in [0.3, 0.4) is 0 Å². The molecule has 3 N–H and O–H groups in total. The predicted octanol–water partition coefficient (Wildman–Crippen LogP) is 5.63. The van der Waals surface area contributed by atoms with Crippen LogP contribution in [0.2, 0.25) is 0 Å². The normalized spacial score (nSPS) is 38.9. The van der Waals surface area contributed by atoms with Crippen molar-refractivity contribution in [1.82, 2.24) is 0 Å². The van der Waals surface area contributed by atoms with Gasteiger partial charge in [0.15, 0.2) is 5.78 Å². The van der Waals surface area contributed by atoms with Gasteiger partial charge in [-0.1, -0.05) is 39.0 Å². The summed E-state index contributed by atoms with van der Waals surface area (Å²) in [7, 11) is 0. The lowest BCUT2D eigenvalue weighted by molar-refractivity contribution is -0.142. The molecule has 3 unspecified atom stereocenters. The summed E-state index contributed by atoms with van der Waals surface area (Å²) in [5.41, 5.74) is -1.25. The van der Waals surface area contributed by atoms with Gasteiger partial charge in [0, 0.05) is 11.3 Å². The van der Waals surface area contributed by atoms with Crippen molar-refractivity contribution in [2.45, 2.75) is 116 Å². The Kier molecular flexibility index (Phi) is 7.63. The molecule has 0 radical (unpaired) electrons. The van der Waals surface area contributed by atoms with E-state index in [0.29, 0.717) is 37.7 Å². The van der Waals surface area contributed by atoms with Crippen LogP contribution < -0.4 is 0 Å². The Hall–Kier alpha value is -2.02. The lowest BCUT2D eigenvalue weighted by Crippen LogP contribution is -2.59. The highest BCUT2D eigenvalue weighted by Crippen LogP contribution is 2.68. The van der Waals surface area contributed by atoms with Crippen molar-refractivity contribution in [3.05, 3.63) is 47.5 Å². The molecular weight excluding hydrogens is 504 g/mol. The van der Waals surface area contributed by atoms with Crippen LogP contribution in [-0.4, -0.2) is 50.5 Å². The van der Waals surface area contributed by atoms with Crippen LogP contribution in [0.5, 0.6) is 0 Å². The quantitative estimate of drug-likeness (QED) is 0.379. The number of rotatable bonds is 7. The van der Waals surface area contributed by atoms with Gasteiger partial charge in [-0.3, -0.25) is 4.79 Å². The minimum absolute atomic E-state index is 0.0429. The van der Waals surface area contributed by atoms with E-state index in [-0.39, 0.29) is 40.8 Å². The second kappa shape index (κ2) is 10.4. The first-order valence-corrected chi connectivity index (χ1v) is 15.3. The van der Waals surface area contributed by atoms with Gasteiger partial charge in [-0.2, -0.15) is 0 Å². The molecule has 4 aliphatic rings. The van der Waals surface area contributed by atoms with E-state index in [4.69, 9.17) is 4.74 Å². The number of carbonyl (C=O) groups is 2. The predicted molar refractivity (Wildman–Crippen MR) is 153 cm³/mol. The summed E-state index contributed by atoms with van der Waals surface area (Å²) in [6.07, 6.45) is 7.06. The zero-order valence-corrected chi connectivity index (χ0v) is 24.9. The Bertz CT molecular complexity index is 1150. The van der Waals surface area contributed by atoms with E-state index in [9.17, 15) is 24.9 Å². The smallest absolute Gasteiger partial charge is 0.338 e. The number of allylic oxidation sites excluding steroid dienone is 1. The van der Waals surface area contributed by atoms with E-state index in [1.165, 1.54) is 0 Å². The number of fused-ring (bicyclic) bond motifs is 5. The van der Waals surface area contributed by atoms with E-state index in [1.54, 1.807) is 32.1 Å². The SMILES string of the molecule is C[C@H](C(CCC(C)(C)O)OC(=O)c1ccccc1)[C@H]1CC[C@@]2(O)C3=CC(=O)C4CC(O)CC[C@]4(C)[C@H]3CC[C@]12C. The van der Waals surface area contributed by atoms with E-state index in [2.05, 4.69) is 20.8 Å². The fraction of sp³-hybridized carbons (Fsp3) is 0.706. The monoisotopic (exact) mass is 552 g/mol. The minimum Gasteiger partial charge on any atom is -0.458 e. The first-order chi connectivity index (χ1) is 18.7. The number of ketones is 1. The Morgan fingerprint density at radius 2 is 1.77 bits per heavy atom. The summed E-state index contributed by atoms with van der Waals surface area (Å²) in [6, 6.07) is 9.01. The molecule has 0 aliphatic heterocycles. The third kappa shape index (κ3) is 4.88. The number of benzene rings is 1. The number of hydrogen-bond donors (Lipinski definition) is 3.